The van der Waals surface area contributed by atoms with E-state index in [0.29, 0.717) is 17.2 Å². The third-order valence-electron chi connectivity index (χ3n) is 3.66. The van der Waals surface area contributed by atoms with Crippen LogP contribution in [0, 0.1) is 0 Å². The van der Waals surface area contributed by atoms with Crippen molar-refractivity contribution in [3.63, 3.8) is 0 Å². The van der Waals surface area contributed by atoms with E-state index < -0.39 is 0 Å². The quantitative estimate of drug-likeness (QED) is 0.629. The number of aromatic nitrogens is 2. The number of nitrogens with one attached hydrogen (secondary N) is 1. The summed E-state index contributed by atoms with van der Waals surface area (Å²) in [7, 11) is 0. The number of hydrogen-bond donors (Lipinski definition) is 2. The van der Waals surface area contributed by atoms with Crippen molar-refractivity contribution in [2.45, 2.75) is 44.6 Å². The summed E-state index contributed by atoms with van der Waals surface area (Å²) in [6.07, 6.45) is 7.73. The molecule has 0 amide bonds. The molecular formula is C13H18N4O. The van der Waals surface area contributed by atoms with Gasteiger partial charge >= 0.3 is 0 Å². The molecule has 3 rings (SSSR count). The number of nitrogens with two attached hydrogens (primary N) is 1. The van der Waals surface area contributed by atoms with Crippen molar-refractivity contribution in [3.05, 3.63) is 12.1 Å². The Balaban J connectivity index is 1.85. The second-order valence-electron chi connectivity index (χ2n) is 5.00. The van der Waals surface area contributed by atoms with Crippen molar-refractivity contribution in [1.29, 1.82) is 0 Å². The Kier molecular flexibility index (Phi) is 3.04. The van der Waals surface area contributed by atoms with Crippen molar-refractivity contribution in [2.24, 2.45) is 0 Å². The van der Waals surface area contributed by atoms with Gasteiger partial charge in [0.25, 0.3) is 0 Å². The molecule has 1 fully saturated rings. The van der Waals surface area contributed by atoms with Crippen molar-refractivity contribution in [2.75, 3.05) is 11.1 Å². The van der Waals surface area contributed by atoms with Crippen LogP contribution >= 0.6 is 0 Å². The van der Waals surface area contributed by atoms with Crippen molar-refractivity contribution in [3.8, 4) is 0 Å². The third kappa shape index (κ3) is 2.12. The summed E-state index contributed by atoms with van der Waals surface area (Å²) in [6, 6.07) is 4.34. The van der Waals surface area contributed by atoms with Gasteiger partial charge in [0.1, 0.15) is 0 Å². The first kappa shape index (κ1) is 11.3. The average Bonchev–Trinajstić information content (AvgIpc) is 2.74. The fourth-order valence-corrected chi connectivity index (χ4v) is 2.65. The minimum absolute atomic E-state index is 0.524. The Hall–Kier alpha value is -1.78. The molecule has 1 aliphatic rings. The molecule has 0 unspecified atom stereocenters. The Morgan fingerprint density at radius 1 is 1.06 bits per heavy atom. The summed E-state index contributed by atoms with van der Waals surface area (Å²) in [6.45, 7) is 0. The summed E-state index contributed by atoms with van der Waals surface area (Å²) >= 11 is 0. The smallest absolute Gasteiger partial charge is 0.160 e. The van der Waals surface area contributed by atoms with Gasteiger partial charge < -0.3 is 11.1 Å². The van der Waals surface area contributed by atoms with Crippen LogP contribution in [0.4, 0.5) is 11.4 Å². The molecule has 5 heteroatoms. The molecule has 1 aromatic carbocycles. The Morgan fingerprint density at radius 2 is 1.78 bits per heavy atom. The zero-order valence-corrected chi connectivity index (χ0v) is 10.4. The topological polar surface area (TPSA) is 77.0 Å². The first-order valence-electron chi connectivity index (χ1n) is 6.62. The zero-order valence-electron chi connectivity index (χ0n) is 10.4. The lowest BCUT2D eigenvalue weighted by molar-refractivity contribution is 0.315. The van der Waals surface area contributed by atoms with E-state index in [9.17, 15) is 0 Å². The second kappa shape index (κ2) is 4.84. The van der Waals surface area contributed by atoms with Gasteiger partial charge in [-0.1, -0.05) is 25.7 Å². The van der Waals surface area contributed by atoms with E-state index in [1.165, 1.54) is 38.5 Å². The summed E-state index contributed by atoms with van der Waals surface area (Å²) in [5, 5.41) is 11.3. The summed E-state index contributed by atoms with van der Waals surface area (Å²) in [5.74, 6) is 0. The Labute approximate surface area is 106 Å². The predicted molar refractivity (Wildman–Crippen MR) is 71.3 cm³/mol. The molecule has 0 radical (unpaired) electrons. The van der Waals surface area contributed by atoms with Crippen LogP contribution in [0.3, 0.4) is 0 Å². The molecule has 1 aliphatic carbocycles. The standard InChI is InChI=1S/C13H18N4O/c14-10-7-8-11(13-12(10)16-18-17-13)15-9-5-3-1-2-4-6-9/h7-9,15H,1-6,14H2. The van der Waals surface area contributed by atoms with E-state index in [1.54, 1.807) is 0 Å². The molecule has 5 nitrogen and oxygen atoms in total. The SMILES string of the molecule is Nc1ccc(NC2CCCCCC2)c2nonc12. The molecule has 1 saturated carbocycles. The number of hydrogen-bond acceptors (Lipinski definition) is 5. The van der Waals surface area contributed by atoms with E-state index in [4.69, 9.17) is 10.4 Å². The second-order valence-corrected chi connectivity index (χ2v) is 5.00. The molecule has 1 aromatic heterocycles. The lowest BCUT2D eigenvalue weighted by atomic mass is 10.1. The minimum atomic E-state index is 0.524. The molecule has 96 valence electrons. The highest BCUT2D eigenvalue weighted by Gasteiger charge is 2.15. The van der Waals surface area contributed by atoms with Gasteiger partial charge in [0.15, 0.2) is 11.0 Å². The maximum atomic E-state index is 5.84. The molecule has 0 spiro atoms. The lowest BCUT2D eigenvalue weighted by Crippen LogP contribution is -2.18. The van der Waals surface area contributed by atoms with Crippen LogP contribution in [-0.2, 0) is 0 Å². The van der Waals surface area contributed by atoms with Crippen LogP contribution in [0.25, 0.3) is 11.0 Å². The van der Waals surface area contributed by atoms with Gasteiger partial charge in [0.2, 0.25) is 0 Å². The summed E-state index contributed by atoms with van der Waals surface area (Å²) in [4.78, 5) is 0. The molecule has 2 aromatic rings. The highest BCUT2D eigenvalue weighted by atomic mass is 16.6. The van der Waals surface area contributed by atoms with Crippen LogP contribution < -0.4 is 11.1 Å². The van der Waals surface area contributed by atoms with Crippen LogP contribution in [0.5, 0.6) is 0 Å². The van der Waals surface area contributed by atoms with Crippen LogP contribution in [0.15, 0.2) is 16.8 Å². The monoisotopic (exact) mass is 246 g/mol. The highest BCUT2D eigenvalue weighted by molar-refractivity contribution is 5.95. The van der Waals surface area contributed by atoms with Gasteiger partial charge in [0, 0.05) is 6.04 Å². The minimum Gasteiger partial charge on any atom is -0.397 e. The van der Waals surface area contributed by atoms with Crippen molar-refractivity contribution in [1.82, 2.24) is 10.3 Å². The van der Waals surface area contributed by atoms with Gasteiger partial charge in [-0.2, -0.15) is 0 Å². The number of benzene rings is 1. The van der Waals surface area contributed by atoms with E-state index in [2.05, 4.69) is 15.6 Å². The highest BCUT2D eigenvalue weighted by Crippen LogP contribution is 2.28. The zero-order chi connectivity index (χ0) is 12.4. The molecule has 0 bridgehead atoms. The Morgan fingerprint density at radius 3 is 2.56 bits per heavy atom. The van der Waals surface area contributed by atoms with E-state index in [-0.39, 0.29) is 0 Å². The van der Waals surface area contributed by atoms with Gasteiger partial charge in [-0.15, -0.1) is 0 Å². The van der Waals surface area contributed by atoms with Crippen LogP contribution in [0.1, 0.15) is 38.5 Å². The maximum absolute atomic E-state index is 5.84. The summed E-state index contributed by atoms with van der Waals surface area (Å²) < 4.78 is 4.78. The maximum Gasteiger partial charge on any atom is 0.160 e. The number of anilines is 2. The number of rotatable bonds is 2. The first-order chi connectivity index (χ1) is 8.84. The first-order valence-corrected chi connectivity index (χ1v) is 6.62. The van der Waals surface area contributed by atoms with Gasteiger partial charge in [-0.3, -0.25) is 0 Å². The number of nitrogen functional groups attached to an aromatic ring is 1. The van der Waals surface area contributed by atoms with Crippen molar-refractivity contribution < 1.29 is 4.63 Å². The van der Waals surface area contributed by atoms with E-state index in [0.717, 1.165) is 11.2 Å². The molecule has 0 saturated heterocycles. The molecule has 0 aliphatic heterocycles. The number of fused-ring (bicyclic) bond motifs is 1. The van der Waals surface area contributed by atoms with Crippen LogP contribution in [-0.4, -0.2) is 16.4 Å². The van der Waals surface area contributed by atoms with E-state index >= 15 is 0 Å². The summed E-state index contributed by atoms with van der Waals surface area (Å²) in [5.41, 5.74) is 8.81. The van der Waals surface area contributed by atoms with Gasteiger partial charge in [0.05, 0.1) is 11.4 Å². The third-order valence-corrected chi connectivity index (χ3v) is 3.66. The normalized spacial score (nSPS) is 17.8. The molecule has 1 heterocycles. The predicted octanol–water partition coefficient (Wildman–Crippen LogP) is 2.94. The molecule has 3 N–H and O–H groups in total. The molecular weight excluding hydrogens is 228 g/mol. The Bertz CT molecular complexity index is 529. The number of nitrogens with zero attached hydrogens (tertiary/aromatic N) is 2. The fraction of sp³-hybridized carbons (Fsp3) is 0.538. The van der Waals surface area contributed by atoms with Gasteiger partial charge in [-0.05, 0) is 35.3 Å². The average molecular weight is 246 g/mol. The van der Waals surface area contributed by atoms with Gasteiger partial charge in [-0.25, -0.2) is 4.63 Å². The fourth-order valence-electron chi connectivity index (χ4n) is 2.65. The van der Waals surface area contributed by atoms with E-state index in [1.807, 2.05) is 12.1 Å². The van der Waals surface area contributed by atoms with Crippen LogP contribution in [0.2, 0.25) is 0 Å². The molecule has 18 heavy (non-hydrogen) atoms. The van der Waals surface area contributed by atoms with Crippen molar-refractivity contribution >= 4 is 22.4 Å². The lowest BCUT2D eigenvalue weighted by Gasteiger charge is -2.17. The molecule has 0 atom stereocenters. The largest absolute Gasteiger partial charge is 0.397 e.